The summed E-state index contributed by atoms with van der Waals surface area (Å²) in [5, 5.41) is 0. The summed E-state index contributed by atoms with van der Waals surface area (Å²) in [6, 6.07) is 15.4. The third-order valence-electron chi connectivity index (χ3n) is 3.84. The van der Waals surface area contributed by atoms with Gasteiger partial charge in [-0.2, -0.15) is 0 Å². The Kier molecular flexibility index (Phi) is 3.69. The minimum absolute atomic E-state index is 0.253. The van der Waals surface area contributed by atoms with Crippen molar-refractivity contribution >= 4 is 11.3 Å². The van der Waals surface area contributed by atoms with Crippen molar-refractivity contribution in [2.45, 2.75) is 25.4 Å². The fourth-order valence-corrected chi connectivity index (χ4v) is 3.82. The van der Waals surface area contributed by atoms with Crippen LogP contribution in [0.5, 0.6) is 0 Å². The fraction of sp³-hybridized carbons (Fsp3) is 0.375. The van der Waals surface area contributed by atoms with Gasteiger partial charge in [0.15, 0.2) is 0 Å². The van der Waals surface area contributed by atoms with Crippen LogP contribution in [0.2, 0.25) is 0 Å². The molecular formula is C16H20N2S. The lowest BCUT2D eigenvalue weighted by atomic mass is 9.95. The molecule has 2 aromatic rings. The van der Waals surface area contributed by atoms with E-state index in [-0.39, 0.29) is 6.04 Å². The molecular weight excluding hydrogens is 252 g/mol. The predicted octanol–water partition coefficient (Wildman–Crippen LogP) is 2.98. The molecule has 19 heavy (non-hydrogen) atoms. The molecule has 2 heterocycles. The maximum Gasteiger partial charge on any atom is 0.0328 e. The summed E-state index contributed by atoms with van der Waals surface area (Å²) in [6.45, 7) is 5.27. The molecule has 2 atom stereocenters. The highest BCUT2D eigenvalue weighted by atomic mass is 32.1. The van der Waals surface area contributed by atoms with Gasteiger partial charge in [0.05, 0.1) is 0 Å². The summed E-state index contributed by atoms with van der Waals surface area (Å²) in [7, 11) is 0. The van der Waals surface area contributed by atoms with Crippen molar-refractivity contribution in [2.24, 2.45) is 5.73 Å². The number of nitrogens with two attached hydrogens (primary N) is 1. The third kappa shape index (κ3) is 2.89. The van der Waals surface area contributed by atoms with Crippen molar-refractivity contribution in [3.8, 4) is 0 Å². The number of thiophene rings is 1. The van der Waals surface area contributed by atoms with E-state index < -0.39 is 0 Å². The molecule has 1 aliphatic heterocycles. The van der Waals surface area contributed by atoms with E-state index in [9.17, 15) is 0 Å². The van der Waals surface area contributed by atoms with E-state index in [1.54, 1.807) is 0 Å². The zero-order valence-electron chi connectivity index (χ0n) is 11.3. The van der Waals surface area contributed by atoms with Crippen molar-refractivity contribution < 1.29 is 0 Å². The van der Waals surface area contributed by atoms with Gasteiger partial charge in [-0.05, 0) is 24.6 Å². The molecule has 0 amide bonds. The molecule has 2 N–H and O–H groups in total. The Morgan fingerprint density at radius 2 is 1.95 bits per heavy atom. The molecule has 0 spiro atoms. The number of nitrogens with zero attached hydrogens (tertiary/aromatic N) is 1. The van der Waals surface area contributed by atoms with Crippen molar-refractivity contribution in [3.05, 3.63) is 57.8 Å². The molecule has 1 aromatic carbocycles. The second-order valence-corrected chi connectivity index (χ2v) is 6.76. The van der Waals surface area contributed by atoms with Crippen molar-refractivity contribution in [3.63, 3.8) is 0 Å². The normalized spacial score (nSPS) is 23.9. The Hall–Kier alpha value is -1.16. The molecule has 0 bridgehead atoms. The van der Waals surface area contributed by atoms with Crippen LogP contribution in [0.25, 0.3) is 0 Å². The molecule has 1 saturated heterocycles. The highest BCUT2D eigenvalue weighted by Crippen LogP contribution is 2.28. The zero-order chi connectivity index (χ0) is 13.2. The van der Waals surface area contributed by atoms with E-state index in [0.717, 1.165) is 19.6 Å². The quantitative estimate of drug-likeness (QED) is 0.930. The van der Waals surface area contributed by atoms with E-state index in [4.69, 9.17) is 5.73 Å². The van der Waals surface area contributed by atoms with E-state index in [1.807, 2.05) is 11.3 Å². The SMILES string of the molecule is Cc1ccc(CN2C[C@@H](N)[C@H](c3ccccc3)C2)s1. The van der Waals surface area contributed by atoms with E-state index in [2.05, 4.69) is 54.3 Å². The maximum atomic E-state index is 6.32. The lowest BCUT2D eigenvalue weighted by molar-refractivity contribution is 0.327. The van der Waals surface area contributed by atoms with E-state index >= 15 is 0 Å². The molecule has 0 saturated carbocycles. The zero-order valence-corrected chi connectivity index (χ0v) is 12.1. The van der Waals surface area contributed by atoms with Crippen LogP contribution in [-0.2, 0) is 6.54 Å². The number of rotatable bonds is 3. The molecule has 3 heteroatoms. The summed E-state index contributed by atoms with van der Waals surface area (Å²) < 4.78 is 0. The van der Waals surface area contributed by atoms with Gasteiger partial charge in [-0.15, -0.1) is 11.3 Å². The first-order valence-corrected chi connectivity index (χ1v) is 7.62. The van der Waals surface area contributed by atoms with Crippen molar-refractivity contribution in [1.82, 2.24) is 4.90 Å². The van der Waals surface area contributed by atoms with Gasteiger partial charge in [0.25, 0.3) is 0 Å². The Morgan fingerprint density at radius 1 is 1.16 bits per heavy atom. The molecule has 0 aliphatic carbocycles. The minimum Gasteiger partial charge on any atom is -0.326 e. The van der Waals surface area contributed by atoms with Crippen LogP contribution in [0.15, 0.2) is 42.5 Å². The van der Waals surface area contributed by atoms with Crippen molar-refractivity contribution in [1.29, 1.82) is 0 Å². The molecule has 2 nitrogen and oxygen atoms in total. The van der Waals surface area contributed by atoms with Crippen LogP contribution >= 0.6 is 11.3 Å². The van der Waals surface area contributed by atoms with Crippen LogP contribution in [0.1, 0.15) is 21.2 Å². The molecule has 1 aromatic heterocycles. The average Bonchev–Trinajstić information content (AvgIpc) is 2.97. The first-order valence-electron chi connectivity index (χ1n) is 6.80. The second-order valence-electron chi connectivity index (χ2n) is 5.39. The van der Waals surface area contributed by atoms with Gasteiger partial charge in [0.1, 0.15) is 0 Å². The number of benzene rings is 1. The van der Waals surface area contributed by atoms with Crippen LogP contribution in [0.3, 0.4) is 0 Å². The summed E-state index contributed by atoms with van der Waals surface area (Å²) in [4.78, 5) is 5.31. The van der Waals surface area contributed by atoms with Gasteiger partial charge >= 0.3 is 0 Å². The molecule has 1 aliphatic rings. The number of hydrogen-bond acceptors (Lipinski definition) is 3. The topological polar surface area (TPSA) is 29.3 Å². The first kappa shape index (κ1) is 12.9. The van der Waals surface area contributed by atoms with Gasteiger partial charge in [0, 0.05) is 41.3 Å². The predicted molar refractivity (Wildman–Crippen MR) is 81.5 cm³/mol. The third-order valence-corrected chi connectivity index (χ3v) is 4.83. The molecule has 0 radical (unpaired) electrons. The van der Waals surface area contributed by atoms with Crippen LogP contribution < -0.4 is 5.73 Å². The van der Waals surface area contributed by atoms with Crippen molar-refractivity contribution in [2.75, 3.05) is 13.1 Å². The van der Waals surface area contributed by atoms with Gasteiger partial charge in [0.2, 0.25) is 0 Å². The highest BCUT2D eigenvalue weighted by molar-refractivity contribution is 7.11. The molecule has 1 fully saturated rings. The Labute approximate surface area is 118 Å². The Bertz CT molecular complexity index is 535. The largest absolute Gasteiger partial charge is 0.326 e. The number of hydrogen-bond donors (Lipinski definition) is 1. The van der Waals surface area contributed by atoms with Gasteiger partial charge in [-0.25, -0.2) is 0 Å². The standard InChI is InChI=1S/C16H20N2S/c1-12-7-8-14(19-12)9-18-10-15(16(17)11-18)13-5-3-2-4-6-13/h2-8,15-16H,9-11,17H2,1H3/t15-,16+/m0/s1. The van der Waals surface area contributed by atoms with Crippen LogP contribution in [-0.4, -0.2) is 24.0 Å². The van der Waals surface area contributed by atoms with Gasteiger partial charge in [-0.3, -0.25) is 4.90 Å². The lowest BCUT2D eigenvalue weighted by Gasteiger charge is -2.15. The fourth-order valence-electron chi connectivity index (χ4n) is 2.89. The summed E-state index contributed by atoms with van der Waals surface area (Å²) in [6.07, 6.45) is 0. The van der Waals surface area contributed by atoms with Gasteiger partial charge in [-0.1, -0.05) is 30.3 Å². The van der Waals surface area contributed by atoms with Crippen LogP contribution in [0.4, 0.5) is 0 Å². The number of likely N-dealkylation sites (tertiary alicyclic amines) is 1. The molecule has 100 valence electrons. The average molecular weight is 272 g/mol. The first-order chi connectivity index (χ1) is 9.22. The van der Waals surface area contributed by atoms with Crippen LogP contribution in [0, 0.1) is 6.92 Å². The second kappa shape index (κ2) is 5.45. The minimum atomic E-state index is 0.253. The Morgan fingerprint density at radius 3 is 2.63 bits per heavy atom. The Balaban J connectivity index is 1.68. The molecule has 0 unspecified atom stereocenters. The van der Waals surface area contributed by atoms with Gasteiger partial charge < -0.3 is 5.73 Å². The monoisotopic (exact) mass is 272 g/mol. The smallest absolute Gasteiger partial charge is 0.0328 e. The molecule has 3 rings (SSSR count). The lowest BCUT2D eigenvalue weighted by Crippen LogP contribution is -2.28. The summed E-state index contributed by atoms with van der Waals surface area (Å²) in [5.74, 6) is 0.474. The summed E-state index contributed by atoms with van der Waals surface area (Å²) in [5.41, 5.74) is 7.70. The highest BCUT2D eigenvalue weighted by Gasteiger charge is 2.31. The summed E-state index contributed by atoms with van der Waals surface area (Å²) >= 11 is 1.89. The maximum absolute atomic E-state index is 6.32. The number of aryl methyl sites for hydroxylation is 1. The van der Waals surface area contributed by atoms with E-state index in [1.165, 1.54) is 15.3 Å². The van der Waals surface area contributed by atoms with E-state index in [0.29, 0.717) is 5.92 Å².